The zero-order chi connectivity index (χ0) is 15.9. The van der Waals surface area contributed by atoms with E-state index in [2.05, 4.69) is 6.58 Å². The lowest BCUT2D eigenvalue weighted by Crippen LogP contribution is -2.00. The van der Waals surface area contributed by atoms with Crippen LogP contribution in [0.1, 0.15) is 36.8 Å². The zero-order valence-corrected chi connectivity index (χ0v) is 12.7. The minimum Gasteiger partial charge on any atom is -0.508 e. The molecule has 0 heterocycles. The Bertz CT molecular complexity index is 623. The minimum atomic E-state index is -0.304. The van der Waals surface area contributed by atoms with E-state index in [9.17, 15) is 4.79 Å². The minimum absolute atomic E-state index is 0.304. The second-order valence-electron chi connectivity index (χ2n) is 5.23. The summed E-state index contributed by atoms with van der Waals surface area (Å²) in [6.07, 6.45) is 4.38. The molecule has 114 valence electrons. The zero-order valence-electron chi connectivity index (χ0n) is 12.7. The van der Waals surface area contributed by atoms with E-state index < -0.39 is 0 Å². The highest BCUT2D eigenvalue weighted by Crippen LogP contribution is 2.40. The largest absolute Gasteiger partial charge is 0.508 e. The van der Waals surface area contributed by atoms with Gasteiger partial charge in [0, 0.05) is 6.92 Å². The molecule has 3 nitrogen and oxygen atoms in total. The number of carbonyl (C=O) groups is 1. The summed E-state index contributed by atoms with van der Waals surface area (Å²) in [5, 5.41) is 8.96. The first-order valence-electron chi connectivity index (χ1n) is 7.28. The van der Waals surface area contributed by atoms with Gasteiger partial charge in [0.15, 0.2) is 0 Å². The summed E-state index contributed by atoms with van der Waals surface area (Å²) in [5.41, 5.74) is 2.38. The van der Waals surface area contributed by atoms with Crippen LogP contribution in [0.2, 0.25) is 0 Å². The number of benzene rings is 2. The third kappa shape index (κ3) is 5.09. The summed E-state index contributed by atoms with van der Waals surface area (Å²) >= 11 is 0. The van der Waals surface area contributed by atoms with E-state index in [1.165, 1.54) is 25.3 Å². The van der Waals surface area contributed by atoms with Gasteiger partial charge in [-0.25, -0.2) is 0 Å². The lowest BCUT2D eigenvalue weighted by atomic mass is 10.1. The van der Waals surface area contributed by atoms with Gasteiger partial charge in [-0.15, -0.1) is 0 Å². The smallest absolute Gasteiger partial charge is 0.308 e. The van der Waals surface area contributed by atoms with Crippen molar-refractivity contribution in [2.24, 2.45) is 0 Å². The Hall–Kier alpha value is -2.55. The molecule has 0 bridgehead atoms. The maximum atomic E-state index is 10.5. The fraction of sp³-hybridized carbons (Fsp3) is 0.211. The van der Waals surface area contributed by atoms with Crippen LogP contribution < -0.4 is 4.74 Å². The molecule has 1 fully saturated rings. The van der Waals surface area contributed by atoms with Crippen molar-refractivity contribution in [2.45, 2.75) is 25.7 Å². The predicted molar refractivity (Wildman–Crippen MR) is 87.9 cm³/mol. The van der Waals surface area contributed by atoms with Gasteiger partial charge in [-0.05, 0) is 54.2 Å². The van der Waals surface area contributed by atoms with Gasteiger partial charge >= 0.3 is 5.97 Å². The summed E-state index contributed by atoms with van der Waals surface area (Å²) < 4.78 is 4.84. The molecule has 3 rings (SSSR count). The lowest BCUT2D eigenvalue weighted by molar-refractivity contribution is -0.131. The molecule has 2 aromatic carbocycles. The van der Waals surface area contributed by atoms with Gasteiger partial charge in [-0.3, -0.25) is 4.79 Å². The Kier molecular flexibility index (Phi) is 5.37. The Balaban J connectivity index is 0.000000162. The van der Waals surface area contributed by atoms with Gasteiger partial charge in [-0.1, -0.05) is 36.9 Å². The van der Waals surface area contributed by atoms with Crippen molar-refractivity contribution in [3.8, 4) is 11.5 Å². The summed E-state index contributed by atoms with van der Waals surface area (Å²) in [6.45, 7) is 4.99. The van der Waals surface area contributed by atoms with E-state index in [1.807, 2.05) is 24.3 Å². The SMILES string of the molecule is C=Cc1ccc(OC(C)=O)cc1.Oc1ccc(C2CC2)cc1. The Morgan fingerprint density at radius 2 is 1.73 bits per heavy atom. The van der Waals surface area contributed by atoms with E-state index in [0.717, 1.165) is 11.5 Å². The van der Waals surface area contributed by atoms with Gasteiger partial charge in [-0.2, -0.15) is 0 Å². The predicted octanol–water partition coefficient (Wildman–Crippen LogP) is 4.52. The molecule has 0 aromatic heterocycles. The summed E-state index contributed by atoms with van der Waals surface area (Å²) in [7, 11) is 0. The van der Waals surface area contributed by atoms with E-state index >= 15 is 0 Å². The Labute approximate surface area is 130 Å². The second-order valence-corrected chi connectivity index (χ2v) is 5.23. The number of aromatic hydroxyl groups is 1. The van der Waals surface area contributed by atoms with Crippen LogP contribution >= 0.6 is 0 Å². The highest BCUT2D eigenvalue weighted by Gasteiger charge is 2.22. The molecule has 0 atom stereocenters. The van der Waals surface area contributed by atoms with E-state index in [-0.39, 0.29) is 5.97 Å². The molecule has 0 aliphatic heterocycles. The number of hydrogen-bond donors (Lipinski definition) is 1. The molecule has 0 spiro atoms. The highest BCUT2D eigenvalue weighted by atomic mass is 16.5. The van der Waals surface area contributed by atoms with Gasteiger partial charge in [0.2, 0.25) is 0 Å². The van der Waals surface area contributed by atoms with Gasteiger partial charge < -0.3 is 9.84 Å². The fourth-order valence-corrected chi connectivity index (χ4v) is 2.00. The molecule has 0 amide bonds. The molecule has 22 heavy (non-hydrogen) atoms. The Morgan fingerprint density at radius 3 is 2.18 bits per heavy atom. The van der Waals surface area contributed by atoms with Crippen LogP contribution in [0, 0.1) is 0 Å². The van der Waals surface area contributed by atoms with Crippen molar-refractivity contribution >= 4 is 12.0 Å². The summed E-state index contributed by atoms with van der Waals surface area (Å²) in [6, 6.07) is 14.7. The van der Waals surface area contributed by atoms with Crippen molar-refractivity contribution in [1.82, 2.24) is 0 Å². The normalized spacial score (nSPS) is 12.8. The van der Waals surface area contributed by atoms with Crippen molar-refractivity contribution in [2.75, 3.05) is 0 Å². The van der Waals surface area contributed by atoms with Crippen LogP contribution in [0.3, 0.4) is 0 Å². The monoisotopic (exact) mass is 296 g/mol. The number of esters is 1. The van der Waals surface area contributed by atoms with Crippen molar-refractivity contribution in [1.29, 1.82) is 0 Å². The standard InChI is InChI=1S/C10H10O2.C9H10O/c1-3-9-4-6-10(7-5-9)12-8(2)11;10-9-5-3-8(4-6-9)7-1-2-7/h3-7H,1H2,2H3;3-7,10H,1-2H2. The van der Waals surface area contributed by atoms with Gasteiger partial charge in [0.25, 0.3) is 0 Å². The molecule has 1 aliphatic rings. The van der Waals surface area contributed by atoms with Gasteiger partial charge in [0.1, 0.15) is 11.5 Å². The number of carbonyl (C=O) groups excluding carboxylic acids is 1. The highest BCUT2D eigenvalue weighted by molar-refractivity contribution is 5.69. The molecule has 0 unspecified atom stereocenters. The first-order chi connectivity index (χ1) is 10.6. The van der Waals surface area contributed by atoms with E-state index in [0.29, 0.717) is 11.5 Å². The van der Waals surface area contributed by atoms with Crippen LogP contribution in [-0.2, 0) is 4.79 Å². The van der Waals surface area contributed by atoms with Crippen LogP contribution in [0.5, 0.6) is 11.5 Å². The molecule has 0 saturated heterocycles. The molecule has 2 aromatic rings. The molecule has 0 radical (unpaired) electrons. The second kappa shape index (κ2) is 7.46. The van der Waals surface area contributed by atoms with Crippen molar-refractivity contribution in [3.63, 3.8) is 0 Å². The number of phenolic OH excluding ortho intramolecular Hbond substituents is 1. The van der Waals surface area contributed by atoms with Crippen molar-refractivity contribution in [3.05, 3.63) is 66.2 Å². The van der Waals surface area contributed by atoms with Crippen molar-refractivity contribution < 1.29 is 14.6 Å². The van der Waals surface area contributed by atoms with Crippen LogP contribution in [-0.4, -0.2) is 11.1 Å². The third-order valence-electron chi connectivity index (χ3n) is 3.32. The maximum absolute atomic E-state index is 10.5. The summed E-state index contributed by atoms with van der Waals surface area (Å²) in [4.78, 5) is 10.5. The van der Waals surface area contributed by atoms with Gasteiger partial charge in [0.05, 0.1) is 0 Å². The summed E-state index contributed by atoms with van der Waals surface area (Å²) in [5.74, 6) is 1.42. The molecule has 3 heteroatoms. The first-order valence-corrected chi connectivity index (χ1v) is 7.28. The molecule has 1 aliphatic carbocycles. The number of phenols is 1. The lowest BCUT2D eigenvalue weighted by Gasteiger charge is -1.99. The fourth-order valence-electron chi connectivity index (χ4n) is 2.00. The number of ether oxygens (including phenoxy) is 1. The quantitative estimate of drug-likeness (QED) is 0.669. The van der Waals surface area contributed by atoms with Crippen LogP contribution in [0.4, 0.5) is 0 Å². The number of hydrogen-bond acceptors (Lipinski definition) is 3. The topological polar surface area (TPSA) is 46.5 Å². The molecular formula is C19H20O3. The molecular weight excluding hydrogens is 276 g/mol. The number of rotatable bonds is 3. The average Bonchev–Trinajstić information content (AvgIpc) is 3.34. The Morgan fingerprint density at radius 1 is 1.14 bits per heavy atom. The molecule has 1 saturated carbocycles. The first kappa shape index (κ1) is 15.8. The van der Waals surface area contributed by atoms with E-state index in [4.69, 9.17) is 9.84 Å². The van der Waals surface area contributed by atoms with E-state index in [1.54, 1.807) is 30.3 Å². The van der Waals surface area contributed by atoms with Crippen LogP contribution in [0.25, 0.3) is 6.08 Å². The maximum Gasteiger partial charge on any atom is 0.308 e. The molecule has 1 N–H and O–H groups in total. The average molecular weight is 296 g/mol. The third-order valence-corrected chi connectivity index (χ3v) is 3.32. The van der Waals surface area contributed by atoms with Crippen LogP contribution in [0.15, 0.2) is 55.1 Å².